The van der Waals surface area contributed by atoms with Crippen LogP contribution < -0.4 is 10.6 Å². The van der Waals surface area contributed by atoms with E-state index in [2.05, 4.69) is 6.07 Å². The molecule has 0 aliphatic carbocycles. The van der Waals surface area contributed by atoms with Crippen molar-refractivity contribution in [1.29, 1.82) is 5.26 Å². The first-order valence-corrected chi connectivity index (χ1v) is 11.1. The van der Waals surface area contributed by atoms with Gasteiger partial charge in [0.25, 0.3) is 0 Å². The lowest BCUT2D eigenvalue weighted by atomic mass is 9.94. The Hall–Kier alpha value is -3.97. The second-order valence-corrected chi connectivity index (χ2v) is 8.18. The van der Waals surface area contributed by atoms with E-state index >= 15 is 0 Å². The molecule has 10 heteroatoms. The van der Waals surface area contributed by atoms with E-state index in [0.717, 1.165) is 12.1 Å². The van der Waals surface area contributed by atoms with Gasteiger partial charge in [-0.2, -0.15) is 18.4 Å². The van der Waals surface area contributed by atoms with Gasteiger partial charge >= 0.3 is 12.2 Å². The summed E-state index contributed by atoms with van der Waals surface area (Å²) in [6, 6.07) is 12.0. The van der Waals surface area contributed by atoms with Crippen molar-refractivity contribution in [1.82, 2.24) is 9.47 Å². The summed E-state index contributed by atoms with van der Waals surface area (Å²) in [6.07, 6.45) is -2.57. The lowest BCUT2D eigenvalue weighted by molar-refractivity contribution is -0.137. The number of halogens is 3. The molecular weight excluding hydrogens is 459 g/mol. The summed E-state index contributed by atoms with van der Waals surface area (Å²) in [4.78, 5) is 16.6. The van der Waals surface area contributed by atoms with E-state index in [1.165, 1.54) is 21.9 Å². The maximum absolute atomic E-state index is 13.9. The average Bonchev–Trinajstić information content (AvgIpc) is 3.17. The molecule has 0 saturated carbocycles. The number of aromatic hydroxyl groups is 1. The number of aryl methyl sites for hydroxylation is 1. The summed E-state index contributed by atoms with van der Waals surface area (Å²) in [5.74, 6) is -0.0842. The van der Waals surface area contributed by atoms with Crippen LogP contribution in [0.4, 0.5) is 29.3 Å². The quantitative estimate of drug-likeness (QED) is 0.509. The number of anilines is 2. The minimum atomic E-state index is -4.58. The van der Waals surface area contributed by atoms with Crippen LogP contribution in [-0.2, 0) is 12.7 Å². The van der Waals surface area contributed by atoms with Crippen LogP contribution in [0.3, 0.4) is 0 Å². The summed E-state index contributed by atoms with van der Waals surface area (Å²) in [6.45, 7) is 2.70. The second-order valence-electron chi connectivity index (χ2n) is 8.18. The highest BCUT2D eigenvalue weighted by molar-refractivity contribution is 6.03. The van der Waals surface area contributed by atoms with Gasteiger partial charge in [-0.15, -0.1) is 0 Å². The minimum absolute atomic E-state index is 0.0374. The third-order valence-corrected chi connectivity index (χ3v) is 6.06. The third kappa shape index (κ3) is 4.31. The topological polar surface area (TPSA) is 98.5 Å². The molecule has 0 radical (unpaired) electrons. The standard InChI is InChI=1S/C25H24F3N5O2/c1-2-31-15-20-21(23(31)34)22(17-9-7-16(14-30)8-10-17)32(12-4-11-29)24(35)33(20)19-6-3-5-18(13-19)25(26,27)28/h3,5-10,13,15,22,34H,2,4,11-12,29H2,1H3/t22-/m1/s1. The molecule has 0 spiro atoms. The summed E-state index contributed by atoms with van der Waals surface area (Å²) >= 11 is 0. The molecule has 2 amide bonds. The SMILES string of the molecule is CCn1cc2c(c1O)[C@@H](c1ccc(C#N)cc1)N(CCCN)C(=O)N2c1cccc(C(F)(F)F)c1. The van der Waals surface area contributed by atoms with Crippen molar-refractivity contribution in [3.63, 3.8) is 0 Å². The fraction of sp³-hybridized carbons (Fsp3) is 0.280. The van der Waals surface area contributed by atoms with E-state index in [0.29, 0.717) is 41.9 Å². The molecule has 0 bridgehead atoms. The number of carbonyl (C=O) groups is 1. The molecule has 2 aromatic carbocycles. The van der Waals surface area contributed by atoms with Gasteiger partial charge in [0.2, 0.25) is 0 Å². The maximum atomic E-state index is 13.9. The second kappa shape index (κ2) is 9.35. The van der Waals surface area contributed by atoms with Crippen LogP contribution in [0.15, 0.2) is 54.7 Å². The van der Waals surface area contributed by atoms with Gasteiger partial charge in [0, 0.05) is 19.3 Å². The fourth-order valence-electron chi connectivity index (χ4n) is 4.37. The first-order valence-electron chi connectivity index (χ1n) is 11.1. The Morgan fingerprint density at radius 2 is 1.89 bits per heavy atom. The largest absolute Gasteiger partial charge is 0.494 e. The lowest BCUT2D eigenvalue weighted by Crippen LogP contribution is -2.48. The zero-order valence-corrected chi connectivity index (χ0v) is 19.0. The van der Waals surface area contributed by atoms with E-state index in [9.17, 15) is 23.1 Å². The normalized spacial score (nSPS) is 15.8. The number of hydrogen-bond donors (Lipinski definition) is 2. The number of carbonyl (C=O) groups excluding carboxylic acids is 1. The molecule has 1 atom stereocenters. The van der Waals surface area contributed by atoms with Gasteiger partial charge in [0.15, 0.2) is 5.88 Å². The van der Waals surface area contributed by atoms with Crippen molar-refractivity contribution in [2.45, 2.75) is 32.1 Å². The van der Waals surface area contributed by atoms with E-state index in [-0.39, 0.29) is 18.1 Å². The lowest BCUT2D eigenvalue weighted by Gasteiger charge is -2.41. The fourth-order valence-corrected chi connectivity index (χ4v) is 4.37. The monoisotopic (exact) mass is 483 g/mol. The Morgan fingerprint density at radius 1 is 1.17 bits per heavy atom. The third-order valence-electron chi connectivity index (χ3n) is 6.06. The molecule has 0 unspecified atom stereocenters. The van der Waals surface area contributed by atoms with Crippen LogP contribution >= 0.6 is 0 Å². The van der Waals surface area contributed by atoms with Crippen LogP contribution in [0.1, 0.15) is 41.6 Å². The summed E-state index contributed by atoms with van der Waals surface area (Å²) in [7, 11) is 0. The van der Waals surface area contributed by atoms with E-state index in [4.69, 9.17) is 11.0 Å². The number of rotatable bonds is 6. The highest BCUT2D eigenvalue weighted by atomic mass is 19.4. The Labute approximate surface area is 200 Å². The molecule has 3 N–H and O–H groups in total. The van der Waals surface area contributed by atoms with Crippen molar-refractivity contribution in [3.8, 4) is 11.9 Å². The Morgan fingerprint density at radius 3 is 2.49 bits per heavy atom. The van der Waals surface area contributed by atoms with Crippen LogP contribution in [0, 0.1) is 11.3 Å². The first kappa shape index (κ1) is 24.2. The van der Waals surface area contributed by atoms with Crippen LogP contribution in [0.2, 0.25) is 0 Å². The van der Waals surface area contributed by atoms with Crippen molar-refractivity contribution in [2.24, 2.45) is 5.73 Å². The predicted octanol–water partition coefficient (Wildman–Crippen LogP) is 5.12. The molecule has 2 heterocycles. The molecule has 1 aliphatic rings. The Kier molecular flexibility index (Phi) is 6.45. The van der Waals surface area contributed by atoms with Crippen molar-refractivity contribution in [3.05, 3.63) is 77.0 Å². The highest BCUT2D eigenvalue weighted by Gasteiger charge is 2.43. The number of urea groups is 1. The summed E-state index contributed by atoms with van der Waals surface area (Å²) in [5.41, 5.74) is 6.65. The molecule has 4 rings (SSSR count). The van der Waals surface area contributed by atoms with Gasteiger partial charge in [-0.25, -0.2) is 4.79 Å². The number of nitrogens with zero attached hydrogens (tertiary/aromatic N) is 4. The number of alkyl halides is 3. The molecule has 7 nitrogen and oxygen atoms in total. The van der Waals surface area contributed by atoms with Crippen molar-refractivity contribution >= 4 is 17.4 Å². The zero-order chi connectivity index (χ0) is 25.3. The maximum Gasteiger partial charge on any atom is 0.416 e. The minimum Gasteiger partial charge on any atom is -0.494 e. The van der Waals surface area contributed by atoms with E-state index in [1.807, 2.05) is 6.92 Å². The first-order chi connectivity index (χ1) is 16.7. The smallest absolute Gasteiger partial charge is 0.416 e. The molecule has 3 aromatic rings. The van der Waals surface area contributed by atoms with Gasteiger partial charge in [0.1, 0.15) is 0 Å². The molecule has 1 aliphatic heterocycles. The summed E-state index contributed by atoms with van der Waals surface area (Å²) in [5, 5.41) is 20.3. The van der Waals surface area contributed by atoms with Gasteiger partial charge < -0.3 is 20.3 Å². The molecule has 0 saturated heterocycles. The number of aromatic nitrogens is 1. The number of benzene rings is 2. The highest BCUT2D eigenvalue weighted by Crippen LogP contribution is 2.49. The molecular formula is C25H24F3N5O2. The predicted molar refractivity (Wildman–Crippen MR) is 124 cm³/mol. The van der Waals surface area contributed by atoms with Crippen LogP contribution in [0.25, 0.3) is 0 Å². The number of fused-ring (bicyclic) bond motifs is 1. The Bertz CT molecular complexity index is 1280. The number of amides is 2. The van der Waals surface area contributed by atoms with Gasteiger partial charge in [0.05, 0.1) is 40.2 Å². The zero-order valence-electron chi connectivity index (χ0n) is 19.0. The summed E-state index contributed by atoms with van der Waals surface area (Å²) < 4.78 is 41.9. The molecule has 0 fully saturated rings. The van der Waals surface area contributed by atoms with Crippen LogP contribution in [-0.4, -0.2) is 33.7 Å². The number of hydrogen-bond acceptors (Lipinski definition) is 4. The molecule has 35 heavy (non-hydrogen) atoms. The molecule has 1 aromatic heterocycles. The van der Waals surface area contributed by atoms with Gasteiger partial charge in [-0.1, -0.05) is 18.2 Å². The Balaban J connectivity index is 1.95. The van der Waals surface area contributed by atoms with E-state index in [1.54, 1.807) is 35.0 Å². The molecule has 182 valence electrons. The van der Waals surface area contributed by atoms with Crippen molar-refractivity contribution < 1.29 is 23.1 Å². The van der Waals surface area contributed by atoms with Gasteiger partial charge in [-0.3, -0.25) is 4.90 Å². The number of nitrogens with two attached hydrogens (primary N) is 1. The van der Waals surface area contributed by atoms with Crippen LogP contribution in [0.5, 0.6) is 5.88 Å². The number of nitriles is 1. The average molecular weight is 483 g/mol. The van der Waals surface area contributed by atoms with E-state index < -0.39 is 23.8 Å². The van der Waals surface area contributed by atoms with Gasteiger partial charge in [-0.05, 0) is 55.8 Å². The van der Waals surface area contributed by atoms with Crippen molar-refractivity contribution in [2.75, 3.05) is 18.0 Å².